The number of carbonyl (C=O) groups is 1. The van der Waals surface area contributed by atoms with Crippen molar-refractivity contribution >= 4 is 5.97 Å². The van der Waals surface area contributed by atoms with Crippen LogP contribution in [0.15, 0.2) is 22.8 Å². The van der Waals surface area contributed by atoms with E-state index in [2.05, 4.69) is 40.7 Å². The number of fused-ring (bicyclic) bond motifs is 7. The Morgan fingerprint density at radius 2 is 1.63 bits per heavy atom. The lowest BCUT2D eigenvalue weighted by atomic mass is 9.33. The van der Waals surface area contributed by atoms with Crippen molar-refractivity contribution in [1.29, 1.82) is 0 Å². The summed E-state index contributed by atoms with van der Waals surface area (Å²) >= 11 is 0. The highest BCUT2D eigenvalue weighted by Crippen LogP contribution is 2.75. The van der Waals surface area contributed by atoms with E-state index in [0.29, 0.717) is 19.3 Å². The molecule has 6 rings (SSSR count). The van der Waals surface area contributed by atoms with Crippen LogP contribution in [0.1, 0.15) is 92.9 Å². The van der Waals surface area contributed by atoms with Gasteiger partial charge in [0.15, 0.2) is 0 Å². The number of allylic oxidation sites excluding steroid dienone is 4. The highest BCUT2D eigenvalue weighted by molar-refractivity contribution is 5.80. The van der Waals surface area contributed by atoms with Crippen molar-refractivity contribution < 1.29 is 50.0 Å². The van der Waals surface area contributed by atoms with Crippen molar-refractivity contribution in [2.75, 3.05) is 13.2 Å². The molecular weight excluding hydrogens is 592 g/mol. The Balaban J connectivity index is 1.38. The van der Waals surface area contributed by atoms with Crippen LogP contribution in [0.2, 0.25) is 0 Å². The molecule has 10 nitrogen and oxygen atoms in total. The van der Waals surface area contributed by atoms with E-state index in [0.717, 1.165) is 37.7 Å². The van der Waals surface area contributed by atoms with Crippen LogP contribution in [0.3, 0.4) is 0 Å². The fourth-order valence-corrected chi connectivity index (χ4v) is 11.9. The summed E-state index contributed by atoms with van der Waals surface area (Å²) in [6.07, 6.45) is -1.51. The largest absolute Gasteiger partial charge is 0.432 e. The molecule has 7 N–H and O–H groups in total. The highest BCUT2D eigenvalue weighted by atomic mass is 16.7. The summed E-state index contributed by atoms with van der Waals surface area (Å²) in [5.74, 6) is -0.470. The molecule has 0 radical (unpaired) electrons. The van der Waals surface area contributed by atoms with Crippen LogP contribution in [0.25, 0.3) is 0 Å². The molecule has 6 aliphatic rings. The quantitative estimate of drug-likeness (QED) is 0.177. The molecule has 4 fully saturated rings. The number of rotatable bonds is 4. The molecule has 1 aliphatic heterocycles. The highest BCUT2D eigenvalue weighted by Gasteiger charge is 2.70. The molecular formula is C36H56O10. The number of esters is 1. The summed E-state index contributed by atoms with van der Waals surface area (Å²) in [5.41, 5.74) is 1.20. The summed E-state index contributed by atoms with van der Waals surface area (Å²) < 4.78 is 11.5. The number of carbonyl (C=O) groups excluding carboxylic acids is 1. The lowest BCUT2D eigenvalue weighted by Crippen LogP contribution is -2.68. The Labute approximate surface area is 272 Å². The second-order valence-corrected chi connectivity index (χ2v) is 16.8. The second kappa shape index (κ2) is 11.3. The van der Waals surface area contributed by atoms with Gasteiger partial charge in [0.1, 0.15) is 24.4 Å². The number of ether oxygens (including phenoxy) is 2. The van der Waals surface area contributed by atoms with Crippen molar-refractivity contribution in [1.82, 2.24) is 0 Å². The lowest BCUT2D eigenvalue weighted by Gasteiger charge is -2.71. The SMILES string of the molecule is CC1=C(C)C2C3=CCC4C5(C)CC(O)C(O)C(C)(CO)C5CCC4(C)C3(C)CCC2(C(=O)OC2OC(CO)C(O)C(O)C2O)CC1. The number of hydrogen-bond acceptors (Lipinski definition) is 10. The van der Waals surface area contributed by atoms with E-state index in [4.69, 9.17) is 9.47 Å². The van der Waals surface area contributed by atoms with Crippen molar-refractivity contribution in [3.63, 3.8) is 0 Å². The third-order valence-electron chi connectivity index (χ3n) is 15.1. The van der Waals surface area contributed by atoms with Gasteiger partial charge in [0.25, 0.3) is 0 Å². The predicted octanol–water partition coefficient (Wildman–Crippen LogP) is 2.36. The summed E-state index contributed by atoms with van der Waals surface area (Å²) in [6, 6.07) is 0. The van der Waals surface area contributed by atoms with E-state index in [1.165, 1.54) is 11.1 Å². The number of aliphatic hydroxyl groups excluding tert-OH is 7. The first-order valence-corrected chi connectivity index (χ1v) is 17.3. The van der Waals surface area contributed by atoms with Gasteiger partial charge in [0.05, 0.1) is 30.8 Å². The van der Waals surface area contributed by atoms with Gasteiger partial charge in [-0.25, -0.2) is 0 Å². The van der Waals surface area contributed by atoms with E-state index in [9.17, 15) is 40.5 Å². The molecule has 0 aromatic heterocycles. The first-order valence-electron chi connectivity index (χ1n) is 17.3. The first kappa shape index (κ1) is 34.5. The fourth-order valence-electron chi connectivity index (χ4n) is 11.9. The minimum atomic E-state index is -1.66. The van der Waals surface area contributed by atoms with E-state index >= 15 is 0 Å². The Morgan fingerprint density at radius 1 is 0.935 bits per heavy atom. The molecule has 15 unspecified atom stereocenters. The first-order chi connectivity index (χ1) is 21.5. The molecule has 260 valence electrons. The van der Waals surface area contributed by atoms with Gasteiger partial charge in [0, 0.05) is 11.3 Å². The standard InChI is InChI=1S/C36H56O10/c1-18-9-12-36(31(44)46-30-28(42)27(41)26(40)22(16-37)45-30)14-13-34(5)20(25(36)19(18)2)7-8-24-32(3)15-21(39)29(43)33(4,17-38)23(32)10-11-35(24,34)6/h7,21-30,37-43H,8-17H2,1-6H3. The van der Waals surface area contributed by atoms with Gasteiger partial charge in [-0.05, 0) is 93.3 Å². The summed E-state index contributed by atoms with van der Waals surface area (Å²) in [5, 5.41) is 73.8. The molecule has 1 saturated heterocycles. The Bertz CT molecular complexity index is 1300. The molecule has 1 heterocycles. The fraction of sp³-hybridized carbons (Fsp3) is 0.861. The predicted molar refractivity (Wildman–Crippen MR) is 168 cm³/mol. The van der Waals surface area contributed by atoms with Gasteiger partial charge in [-0.3, -0.25) is 4.79 Å². The van der Waals surface area contributed by atoms with Crippen LogP contribution in [-0.4, -0.2) is 97.8 Å². The van der Waals surface area contributed by atoms with Gasteiger partial charge in [-0.2, -0.15) is 0 Å². The topological polar surface area (TPSA) is 177 Å². The van der Waals surface area contributed by atoms with Gasteiger partial charge in [-0.15, -0.1) is 0 Å². The van der Waals surface area contributed by atoms with Gasteiger partial charge < -0.3 is 45.2 Å². The lowest BCUT2D eigenvalue weighted by molar-refractivity contribution is -0.296. The molecule has 0 aromatic carbocycles. The molecule has 46 heavy (non-hydrogen) atoms. The van der Waals surface area contributed by atoms with Crippen LogP contribution in [0.4, 0.5) is 0 Å². The van der Waals surface area contributed by atoms with Crippen LogP contribution in [0, 0.1) is 44.8 Å². The Kier molecular flexibility index (Phi) is 8.50. The molecule has 0 amide bonds. The molecule has 0 aromatic rings. The third kappa shape index (κ3) is 4.40. The minimum Gasteiger partial charge on any atom is -0.432 e. The van der Waals surface area contributed by atoms with E-state index < -0.39 is 66.3 Å². The molecule has 3 saturated carbocycles. The van der Waals surface area contributed by atoms with Crippen molar-refractivity contribution in [2.24, 2.45) is 44.8 Å². The van der Waals surface area contributed by atoms with Crippen LogP contribution in [0.5, 0.6) is 0 Å². The van der Waals surface area contributed by atoms with Crippen LogP contribution in [-0.2, 0) is 14.3 Å². The monoisotopic (exact) mass is 648 g/mol. The van der Waals surface area contributed by atoms with Crippen molar-refractivity contribution in [2.45, 2.75) is 136 Å². The zero-order valence-electron chi connectivity index (χ0n) is 28.3. The molecule has 10 heteroatoms. The maximum absolute atomic E-state index is 14.4. The summed E-state index contributed by atoms with van der Waals surface area (Å²) in [6.45, 7) is 12.4. The molecule has 5 aliphatic carbocycles. The second-order valence-electron chi connectivity index (χ2n) is 16.8. The van der Waals surface area contributed by atoms with Crippen molar-refractivity contribution in [3.8, 4) is 0 Å². The Morgan fingerprint density at radius 3 is 2.28 bits per heavy atom. The van der Waals surface area contributed by atoms with E-state index in [1.54, 1.807) is 0 Å². The average molecular weight is 649 g/mol. The molecule has 0 spiro atoms. The number of aliphatic hydroxyl groups is 7. The van der Waals surface area contributed by atoms with Crippen LogP contribution >= 0.6 is 0 Å². The smallest absolute Gasteiger partial charge is 0.315 e. The van der Waals surface area contributed by atoms with Crippen LogP contribution < -0.4 is 0 Å². The zero-order chi connectivity index (χ0) is 33.8. The van der Waals surface area contributed by atoms with Crippen molar-refractivity contribution in [3.05, 3.63) is 22.8 Å². The van der Waals surface area contributed by atoms with E-state index in [1.807, 2.05) is 6.92 Å². The minimum absolute atomic E-state index is 0.0507. The summed E-state index contributed by atoms with van der Waals surface area (Å²) in [7, 11) is 0. The molecule has 15 atom stereocenters. The van der Waals surface area contributed by atoms with Gasteiger partial charge in [0.2, 0.25) is 6.29 Å². The molecule has 0 bridgehead atoms. The summed E-state index contributed by atoms with van der Waals surface area (Å²) in [4.78, 5) is 14.4. The van der Waals surface area contributed by atoms with Gasteiger partial charge in [-0.1, -0.05) is 50.5 Å². The maximum atomic E-state index is 14.4. The maximum Gasteiger partial charge on any atom is 0.315 e. The third-order valence-corrected chi connectivity index (χ3v) is 15.1. The normalized spacial score (nSPS) is 53.7. The zero-order valence-corrected chi connectivity index (χ0v) is 28.3. The van der Waals surface area contributed by atoms with Gasteiger partial charge >= 0.3 is 5.97 Å². The van der Waals surface area contributed by atoms with E-state index in [-0.39, 0.29) is 40.6 Å². The Hall–Kier alpha value is -1.37. The number of hydrogen-bond donors (Lipinski definition) is 7. The average Bonchev–Trinajstić information content (AvgIpc) is 3.02.